The highest BCUT2D eigenvalue weighted by molar-refractivity contribution is 6.04. The van der Waals surface area contributed by atoms with Crippen LogP contribution in [-0.2, 0) is 14.3 Å². The lowest BCUT2D eigenvalue weighted by molar-refractivity contribution is -0.191. The monoisotopic (exact) mass is 457 g/mol. The van der Waals surface area contributed by atoms with Gasteiger partial charge in [0, 0.05) is 11.5 Å². The topological polar surface area (TPSA) is 90.0 Å². The van der Waals surface area contributed by atoms with Crippen LogP contribution in [0.1, 0.15) is 73.2 Å². The van der Waals surface area contributed by atoms with Crippen molar-refractivity contribution in [2.24, 2.45) is 23.2 Å². The average Bonchev–Trinajstić information content (AvgIpc) is 3.51. The summed E-state index contributed by atoms with van der Waals surface area (Å²) in [7, 11) is 0. The maximum Gasteiger partial charge on any atom is 0.416 e. The van der Waals surface area contributed by atoms with Gasteiger partial charge in [-0.25, -0.2) is 14.1 Å². The second-order valence-electron chi connectivity index (χ2n) is 10.5. The van der Waals surface area contributed by atoms with Crippen molar-refractivity contribution in [3.63, 3.8) is 0 Å². The van der Waals surface area contributed by atoms with Gasteiger partial charge in [0.1, 0.15) is 18.2 Å². The van der Waals surface area contributed by atoms with Gasteiger partial charge in [-0.2, -0.15) is 9.59 Å². The number of carbonyl (C=O) groups excluding carboxylic acids is 4. The van der Waals surface area contributed by atoms with Crippen molar-refractivity contribution in [1.29, 1.82) is 0 Å². The molecule has 7 nitrogen and oxygen atoms in total. The van der Waals surface area contributed by atoms with Gasteiger partial charge in [-0.1, -0.05) is 0 Å². The summed E-state index contributed by atoms with van der Waals surface area (Å²) in [6, 6.07) is 3.00. The second kappa shape index (κ2) is 8.56. The fraction of sp³-hybridized carbons (Fsp3) is 0.640. The lowest BCUT2D eigenvalue weighted by Gasteiger charge is -2.56. The Morgan fingerprint density at radius 1 is 1.12 bits per heavy atom. The molecule has 0 atom stereocenters. The van der Waals surface area contributed by atoms with Crippen LogP contribution in [0.25, 0.3) is 0 Å². The van der Waals surface area contributed by atoms with Crippen LogP contribution >= 0.6 is 0 Å². The molecule has 6 aliphatic rings. The van der Waals surface area contributed by atoms with E-state index in [1.54, 1.807) is 6.07 Å². The van der Waals surface area contributed by atoms with Crippen molar-refractivity contribution in [3.05, 3.63) is 29.1 Å². The number of amides is 2. The Morgan fingerprint density at radius 3 is 2.24 bits per heavy atom. The van der Waals surface area contributed by atoms with Gasteiger partial charge in [-0.05, 0) is 86.7 Å². The van der Waals surface area contributed by atoms with Gasteiger partial charge in [0.2, 0.25) is 0 Å². The van der Waals surface area contributed by atoms with E-state index in [2.05, 4.69) is 0 Å². The number of hydrogen-bond acceptors (Lipinski definition) is 6. The van der Waals surface area contributed by atoms with Crippen LogP contribution in [0.5, 0.6) is 5.75 Å². The smallest absolute Gasteiger partial charge is 0.416 e. The normalized spacial score (nSPS) is 31.5. The molecule has 1 heterocycles. The van der Waals surface area contributed by atoms with Gasteiger partial charge in [0.15, 0.2) is 0 Å². The molecule has 5 saturated carbocycles. The Morgan fingerprint density at radius 2 is 1.73 bits per heavy atom. The molecule has 33 heavy (non-hydrogen) atoms. The molecule has 1 aromatic carbocycles. The average molecular weight is 457 g/mol. The first-order chi connectivity index (χ1) is 15.9. The summed E-state index contributed by atoms with van der Waals surface area (Å²) < 4.78 is 26.1. The first-order valence-corrected chi connectivity index (χ1v) is 11.9. The molecule has 6 fully saturated rings. The molecule has 1 aliphatic heterocycles. The van der Waals surface area contributed by atoms with Crippen molar-refractivity contribution >= 4 is 18.2 Å². The molecule has 0 radical (unpaired) electrons. The summed E-state index contributed by atoms with van der Waals surface area (Å²) in [6.07, 6.45) is 9.49. The molecule has 0 N–H and O–H groups in total. The van der Waals surface area contributed by atoms with Gasteiger partial charge in [-0.15, -0.1) is 0 Å². The Bertz CT molecular complexity index is 962. The van der Waals surface area contributed by atoms with Gasteiger partial charge in [0.05, 0.1) is 18.7 Å². The molecule has 2 amide bonds. The van der Waals surface area contributed by atoms with Crippen LogP contribution < -0.4 is 4.74 Å². The standard InChI is InChI=1S/C24H28FNO4.CO2/c25-20-9-21(30-13-24-10-14-5-15(11-24)7-16(6-14)12-24)18(17-1-2-17)8-19(20)22(27)26-3-4-29-23(26)28;2-1-3/h8-9,14-17H,1-7,10-13H2;. The van der Waals surface area contributed by atoms with Gasteiger partial charge in [0.25, 0.3) is 5.91 Å². The summed E-state index contributed by atoms with van der Waals surface area (Å²) in [5.74, 6) is 2.20. The van der Waals surface area contributed by atoms with E-state index in [0.717, 1.165) is 41.1 Å². The molecular formula is C25H28FNO6. The van der Waals surface area contributed by atoms with E-state index >= 15 is 0 Å². The van der Waals surface area contributed by atoms with E-state index in [1.165, 1.54) is 44.6 Å². The molecule has 176 valence electrons. The summed E-state index contributed by atoms with van der Waals surface area (Å²) >= 11 is 0. The van der Waals surface area contributed by atoms with E-state index in [9.17, 15) is 14.0 Å². The molecule has 5 aliphatic carbocycles. The third-order valence-electron chi connectivity index (χ3n) is 8.05. The summed E-state index contributed by atoms with van der Waals surface area (Å²) in [4.78, 5) is 41.7. The highest BCUT2D eigenvalue weighted by atomic mass is 19.1. The van der Waals surface area contributed by atoms with Crippen LogP contribution in [0.15, 0.2) is 12.1 Å². The minimum Gasteiger partial charge on any atom is -0.493 e. The van der Waals surface area contributed by atoms with Gasteiger partial charge in [-0.3, -0.25) is 4.79 Å². The van der Waals surface area contributed by atoms with Crippen molar-refractivity contribution in [1.82, 2.24) is 4.90 Å². The second-order valence-corrected chi connectivity index (χ2v) is 10.5. The van der Waals surface area contributed by atoms with E-state index in [0.29, 0.717) is 18.3 Å². The Kier molecular flexibility index (Phi) is 5.73. The maximum absolute atomic E-state index is 15.0. The molecule has 1 aromatic rings. The summed E-state index contributed by atoms with van der Waals surface area (Å²) in [6.45, 7) is 0.982. The molecule has 0 aromatic heterocycles. The van der Waals surface area contributed by atoms with E-state index in [4.69, 9.17) is 19.1 Å². The first-order valence-electron chi connectivity index (χ1n) is 11.9. The third kappa shape index (κ3) is 4.29. The quantitative estimate of drug-likeness (QED) is 0.655. The molecule has 1 saturated heterocycles. The molecule has 7 rings (SSSR count). The Balaban J connectivity index is 0.000000724. The van der Waals surface area contributed by atoms with Crippen LogP contribution in [0.3, 0.4) is 0 Å². The predicted octanol–water partition coefficient (Wildman–Crippen LogP) is 4.31. The number of ether oxygens (including phenoxy) is 2. The SMILES string of the molecule is O=C1OCCN1C(=O)c1cc(C2CC2)c(OCC23CC4CC(CC(C4)C2)C3)cc1F.O=C=O. The van der Waals surface area contributed by atoms with Crippen molar-refractivity contribution in [2.75, 3.05) is 19.8 Å². The van der Waals surface area contributed by atoms with Gasteiger partial charge < -0.3 is 9.47 Å². The van der Waals surface area contributed by atoms with Crippen molar-refractivity contribution in [2.45, 2.75) is 57.3 Å². The van der Waals surface area contributed by atoms with E-state index in [1.807, 2.05) is 0 Å². The number of cyclic esters (lactones) is 1. The summed E-state index contributed by atoms with van der Waals surface area (Å²) in [5.41, 5.74) is 1.11. The number of rotatable bonds is 5. The van der Waals surface area contributed by atoms with E-state index in [-0.39, 0.29) is 30.3 Å². The highest BCUT2D eigenvalue weighted by Crippen LogP contribution is 2.60. The number of imide groups is 1. The number of carbonyl (C=O) groups is 2. The number of hydrogen-bond donors (Lipinski definition) is 0. The first kappa shape index (κ1) is 22.1. The minimum atomic E-state index is -0.700. The fourth-order valence-corrected chi connectivity index (χ4v) is 6.99. The third-order valence-corrected chi connectivity index (χ3v) is 8.05. The highest BCUT2D eigenvalue weighted by Gasteiger charge is 2.51. The largest absolute Gasteiger partial charge is 0.493 e. The molecule has 4 bridgehead atoms. The molecule has 8 heteroatoms. The summed E-state index contributed by atoms with van der Waals surface area (Å²) in [5, 5.41) is 0. The number of benzene rings is 1. The molecule has 0 unspecified atom stereocenters. The Labute approximate surface area is 191 Å². The number of nitrogens with zero attached hydrogens (tertiary/aromatic N) is 1. The lowest BCUT2D eigenvalue weighted by atomic mass is 9.50. The predicted molar refractivity (Wildman–Crippen MR) is 112 cm³/mol. The minimum absolute atomic E-state index is 0.0575. The van der Waals surface area contributed by atoms with Gasteiger partial charge >= 0.3 is 12.2 Å². The van der Waals surface area contributed by atoms with Crippen LogP contribution in [0, 0.1) is 29.0 Å². The fourth-order valence-electron chi connectivity index (χ4n) is 6.99. The van der Waals surface area contributed by atoms with Crippen LogP contribution in [-0.4, -0.2) is 42.8 Å². The molecule has 0 spiro atoms. The van der Waals surface area contributed by atoms with Crippen LogP contribution in [0.2, 0.25) is 0 Å². The number of halogens is 1. The lowest BCUT2D eigenvalue weighted by Crippen LogP contribution is -2.48. The van der Waals surface area contributed by atoms with Crippen molar-refractivity contribution < 1.29 is 33.0 Å². The molecular weight excluding hydrogens is 429 g/mol. The van der Waals surface area contributed by atoms with Crippen LogP contribution in [0.4, 0.5) is 9.18 Å². The zero-order valence-electron chi connectivity index (χ0n) is 18.5. The maximum atomic E-state index is 15.0. The van der Waals surface area contributed by atoms with Crippen molar-refractivity contribution in [3.8, 4) is 5.75 Å². The zero-order chi connectivity index (χ0) is 23.2. The zero-order valence-corrected chi connectivity index (χ0v) is 18.5. The van der Waals surface area contributed by atoms with E-state index < -0.39 is 17.8 Å². The Hall–Kier alpha value is -2.73.